The molecule has 0 amide bonds. The minimum atomic E-state index is -0.268. The fraction of sp³-hybridized carbons (Fsp3) is 0.364. The van der Waals surface area contributed by atoms with Gasteiger partial charge in [0.15, 0.2) is 0 Å². The van der Waals surface area contributed by atoms with E-state index in [4.69, 9.17) is 11.6 Å². The van der Waals surface area contributed by atoms with E-state index in [1.54, 1.807) is 0 Å². The van der Waals surface area contributed by atoms with Crippen molar-refractivity contribution in [3.63, 3.8) is 0 Å². The molecule has 0 aromatic heterocycles. The molecule has 3 nitrogen and oxygen atoms in total. The number of hydrogen-bond donors (Lipinski definition) is 1. The van der Waals surface area contributed by atoms with Crippen LogP contribution in [-0.4, -0.2) is 19.6 Å². The molecule has 0 saturated heterocycles. The van der Waals surface area contributed by atoms with E-state index in [1.165, 1.54) is 7.11 Å². The molecule has 0 heterocycles. The normalized spacial score (nSPS) is 12.2. The second-order valence-corrected chi connectivity index (χ2v) is 3.67. The van der Waals surface area contributed by atoms with E-state index >= 15 is 0 Å². The lowest BCUT2D eigenvalue weighted by molar-refractivity contribution is -0.139. The summed E-state index contributed by atoms with van der Waals surface area (Å²) in [4.78, 5) is 10.9. The topological polar surface area (TPSA) is 38.3 Å². The first-order valence-electron chi connectivity index (χ1n) is 4.69. The van der Waals surface area contributed by atoms with Crippen molar-refractivity contribution in [3.8, 4) is 0 Å². The Kier molecular flexibility index (Phi) is 4.59. The SMILES string of the molecule is COC(=O)CNC(C)c1ccc(Cl)cc1. The Labute approximate surface area is 94.4 Å². The minimum Gasteiger partial charge on any atom is -0.468 e. The van der Waals surface area contributed by atoms with Gasteiger partial charge in [0.25, 0.3) is 0 Å². The van der Waals surface area contributed by atoms with E-state index < -0.39 is 0 Å². The van der Waals surface area contributed by atoms with Crippen LogP contribution in [0.5, 0.6) is 0 Å². The number of ether oxygens (including phenoxy) is 1. The molecule has 1 unspecified atom stereocenters. The number of carbonyl (C=O) groups excluding carboxylic acids is 1. The van der Waals surface area contributed by atoms with Crippen LogP contribution in [-0.2, 0) is 9.53 Å². The lowest BCUT2D eigenvalue weighted by atomic mass is 10.1. The van der Waals surface area contributed by atoms with Crippen LogP contribution in [0.1, 0.15) is 18.5 Å². The molecular formula is C11H14ClNO2. The van der Waals surface area contributed by atoms with Gasteiger partial charge in [-0.1, -0.05) is 23.7 Å². The molecule has 0 spiro atoms. The molecule has 0 bridgehead atoms. The number of esters is 1. The highest BCUT2D eigenvalue weighted by Gasteiger charge is 2.06. The first kappa shape index (κ1) is 12.0. The number of nitrogens with one attached hydrogen (secondary N) is 1. The number of rotatable bonds is 4. The van der Waals surface area contributed by atoms with Crippen molar-refractivity contribution in [2.45, 2.75) is 13.0 Å². The van der Waals surface area contributed by atoms with Crippen LogP contribution < -0.4 is 5.32 Å². The molecule has 1 N–H and O–H groups in total. The Morgan fingerprint density at radius 3 is 2.60 bits per heavy atom. The zero-order chi connectivity index (χ0) is 11.3. The Balaban J connectivity index is 2.50. The number of benzene rings is 1. The summed E-state index contributed by atoms with van der Waals surface area (Å²) in [5, 5.41) is 3.76. The zero-order valence-corrected chi connectivity index (χ0v) is 9.54. The molecule has 1 rings (SSSR count). The van der Waals surface area contributed by atoms with Gasteiger partial charge in [-0.15, -0.1) is 0 Å². The first-order chi connectivity index (χ1) is 7.13. The molecule has 82 valence electrons. The van der Waals surface area contributed by atoms with Crippen molar-refractivity contribution >= 4 is 17.6 Å². The predicted octanol–water partition coefficient (Wildman–Crippen LogP) is 2.16. The number of hydrogen-bond acceptors (Lipinski definition) is 3. The summed E-state index contributed by atoms with van der Waals surface area (Å²) in [6.07, 6.45) is 0. The van der Waals surface area contributed by atoms with Gasteiger partial charge < -0.3 is 10.1 Å². The Hall–Kier alpha value is -1.06. The fourth-order valence-corrected chi connectivity index (χ4v) is 1.30. The van der Waals surface area contributed by atoms with Gasteiger partial charge in [-0.3, -0.25) is 4.79 Å². The highest BCUT2D eigenvalue weighted by atomic mass is 35.5. The van der Waals surface area contributed by atoms with Gasteiger partial charge in [0, 0.05) is 11.1 Å². The van der Waals surface area contributed by atoms with Gasteiger partial charge in [0.2, 0.25) is 0 Å². The lowest BCUT2D eigenvalue weighted by Gasteiger charge is -2.13. The maximum Gasteiger partial charge on any atom is 0.319 e. The van der Waals surface area contributed by atoms with Gasteiger partial charge in [0.05, 0.1) is 13.7 Å². The van der Waals surface area contributed by atoms with Crippen LogP contribution in [0.2, 0.25) is 5.02 Å². The fourth-order valence-electron chi connectivity index (χ4n) is 1.18. The van der Waals surface area contributed by atoms with E-state index in [0.29, 0.717) is 5.02 Å². The molecule has 1 aromatic carbocycles. The average molecular weight is 228 g/mol. The molecular weight excluding hydrogens is 214 g/mol. The van der Waals surface area contributed by atoms with Crippen molar-refractivity contribution in [3.05, 3.63) is 34.9 Å². The molecule has 0 aliphatic rings. The standard InChI is InChI=1S/C11H14ClNO2/c1-8(13-7-11(14)15-2)9-3-5-10(12)6-4-9/h3-6,8,13H,7H2,1-2H3. The molecule has 1 aromatic rings. The Morgan fingerprint density at radius 2 is 2.07 bits per heavy atom. The van der Waals surface area contributed by atoms with E-state index in [9.17, 15) is 4.79 Å². The summed E-state index contributed by atoms with van der Waals surface area (Å²) in [6, 6.07) is 7.61. The number of halogens is 1. The summed E-state index contributed by atoms with van der Waals surface area (Å²) in [5.41, 5.74) is 1.09. The smallest absolute Gasteiger partial charge is 0.319 e. The predicted molar refractivity (Wildman–Crippen MR) is 59.9 cm³/mol. The summed E-state index contributed by atoms with van der Waals surface area (Å²) in [6.45, 7) is 2.19. The summed E-state index contributed by atoms with van der Waals surface area (Å²) >= 11 is 5.77. The summed E-state index contributed by atoms with van der Waals surface area (Å²) in [5.74, 6) is -0.268. The van der Waals surface area contributed by atoms with E-state index in [0.717, 1.165) is 5.56 Å². The second-order valence-electron chi connectivity index (χ2n) is 3.23. The number of methoxy groups -OCH3 is 1. The van der Waals surface area contributed by atoms with Crippen molar-refractivity contribution in [1.82, 2.24) is 5.32 Å². The third kappa shape index (κ3) is 3.90. The monoisotopic (exact) mass is 227 g/mol. The molecule has 1 atom stereocenters. The van der Waals surface area contributed by atoms with Gasteiger partial charge in [0.1, 0.15) is 0 Å². The zero-order valence-electron chi connectivity index (χ0n) is 8.79. The Bertz CT molecular complexity index is 324. The summed E-state index contributed by atoms with van der Waals surface area (Å²) in [7, 11) is 1.37. The van der Waals surface area contributed by atoms with Gasteiger partial charge >= 0.3 is 5.97 Å². The Morgan fingerprint density at radius 1 is 1.47 bits per heavy atom. The first-order valence-corrected chi connectivity index (χ1v) is 5.07. The van der Waals surface area contributed by atoms with Gasteiger partial charge in [-0.05, 0) is 24.6 Å². The van der Waals surface area contributed by atoms with E-state index in [2.05, 4.69) is 10.1 Å². The van der Waals surface area contributed by atoms with Crippen LogP contribution in [0, 0.1) is 0 Å². The van der Waals surface area contributed by atoms with Crippen LogP contribution >= 0.6 is 11.6 Å². The molecule has 15 heavy (non-hydrogen) atoms. The third-order valence-electron chi connectivity index (χ3n) is 2.15. The van der Waals surface area contributed by atoms with Crippen molar-refractivity contribution in [2.24, 2.45) is 0 Å². The van der Waals surface area contributed by atoms with E-state index in [1.807, 2.05) is 31.2 Å². The van der Waals surface area contributed by atoms with Crippen LogP contribution in [0.3, 0.4) is 0 Å². The van der Waals surface area contributed by atoms with Gasteiger partial charge in [-0.2, -0.15) is 0 Å². The minimum absolute atomic E-state index is 0.0985. The second kappa shape index (κ2) is 5.73. The van der Waals surface area contributed by atoms with E-state index in [-0.39, 0.29) is 18.6 Å². The van der Waals surface area contributed by atoms with Crippen molar-refractivity contribution in [2.75, 3.05) is 13.7 Å². The van der Waals surface area contributed by atoms with Crippen LogP contribution in [0.4, 0.5) is 0 Å². The van der Waals surface area contributed by atoms with Crippen LogP contribution in [0.15, 0.2) is 24.3 Å². The van der Waals surface area contributed by atoms with Crippen LogP contribution in [0.25, 0.3) is 0 Å². The highest BCUT2D eigenvalue weighted by molar-refractivity contribution is 6.30. The van der Waals surface area contributed by atoms with Crippen molar-refractivity contribution in [1.29, 1.82) is 0 Å². The average Bonchev–Trinajstić information content (AvgIpc) is 2.26. The number of carbonyl (C=O) groups is 1. The quantitative estimate of drug-likeness (QED) is 0.802. The molecule has 0 saturated carbocycles. The molecule has 0 aliphatic carbocycles. The molecule has 0 radical (unpaired) electrons. The molecule has 0 fully saturated rings. The molecule has 4 heteroatoms. The maximum atomic E-state index is 10.9. The largest absolute Gasteiger partial charge is 0.468 e. The van der Waals surface area contributed by atoms with Crippen molar-refractivity contribution < 1.29 is 9.53 Å². The third-order valence-corrected chi connectivity index (χ3v) is 2.40. The maximum absolute atomic E-state index is 10.9. The summed E-state index contributed by atoms with van der Waals surface area (Å²) < 4.78 is 4.53. The highest BCUT2D eigenvalue weighted by Crippen LogP contribution is 2.15. The lowest BCUT2D eigenvalue weighted by Crippen LogP contribution is -2.26. The molecule has 0 aliphatic heterocycles. The van der Waals surface area contributed by atoms with Gasteiger partial charge in [-0.25, -0.2) is 0 Å².